The molecule has 4 nitrogen and oxygen atoms in total. The number of rotatable bonds is 6. The van der Waals surface area contributed by atoms with Crippen molar-refractivity contribution in [3.63, 3.8) is 0 Å². The maximum absolute atomic E-state index is 4.39. The fourth-order valence-corrected chi connectivity index (χ4v) is 2.56. The quantitative estimate of drug-likeness (QED) is 0.682. The van der Waals surface area contributed by atoms with Crippen molar-refractivity contribution in [3.8, 4) is 0 Å². The summed E-state index contributed by atoms with van der Waals surface area (Å²) in [4.78, 5) is 4.39. The Bertz CT molecular complexity index is 712. The highest BCUT2D eigenvalue weighted by atomic mass is 15.1. The SMILES string of the molecule is Cc1[nH]ncc1CCCNCc1ccnc2ccccc12. The lowest BCUT2D eigenvalue weighted by atomic mass is 10.1. The Labute approximate surface area is 124 Å². The van der Waals surface area contributed by atoms with Crippen molar-refractivity contribution in [2.75, 3.05) is 6.54 Å². The largest absolute Gasteiger partial charge is 0.313 e. The van der Waals surface area contributed by atoms with E-state index in [2.05, 4.69) is 51.7 Å². The Hall–Kier alpha value is -2.20. The molecule has 3 rings (SSSR count). The van der Waals surface area contributed by atoms with Gasteiger partial charge in [-0.1, -0.05) is 18.2 Å². The molecule has 0 aliphatic carbocycles. The van der Waals surface area contributed by atoms with Crippen LogP contribution in [0.3, 0.4) is 0 Å². The maximum atomic E-state index is 4.39. The molecule has 1 aromatic carbocycles. The molecule has 0 fully saturated rings. The van der Waals surface area contributed by atoms with Gasteiger partial charge in [0.2, 0.25) is 0 Å². The van der Waals surface area contributed by atoms with Gasteiger partial charge in [-0.3, -0.25) is 10.1 Å². The van der Waals surface area contributed by atoms with Gasteiger partial charge < -0.3 is 5.32 Å². The standard InChI is InChI=1S/C17H20N4/c1-13-14(12-20-21-13)5-4-9-18-11-15-8-10-19-17-7-3-2-6-16(15)17/h2-3,6-8,10,12,18H,4-5,9,11H2,1H3,(H,20,21). The van der Waals surface area contributed by atoms with E-state index in [1.54, 1.807) is 0 Å². The van der Waals surface area contributed by atoms with Gasteiger partial charge in [-0.15, -0.1) is 0 Å². The molecular formula is C17H20N4. The number of aromatic nitrogens is 3. The van der Waals surface area contributed by atoms with Crippen molar-refractivity contribution in [3.05, 3.63) is 59.5 Å². The molecule has 0 spiro atoms. The second-order valence-electron chi connectivity index (χ2n) is 5.29. The molecule has 2 heterocycles. The van der Waals surface area contributed by atoms with E-state index in [9.17, 15) is 0 Å². The molecule has 3 aromatic rings. The van der Waals surface area contributed by atoms with E-state index in [1.807, 2.05) is 18.5 Å². The van der Waals surface area contributed by atoms with Crippen molar-refractivity contribution in [2.45, 2.75) is 26.3 Å². The zero-order chi connectivity index (χ0) is 14.5. The summed E-state index contributed by atoms with van der Waals surface area (Å²) in [5.41, 5.74) is 4.85. The van der Waals surface area contributed by atoms with Crippen LogP contribution in [0.5, 0.6) is 0 Å². The van der Waals surface area contributed by atoms with E-state index >= 15 is 0 Å². The summed E-state index contributed by atoms with van der Waals surface area (Å²) < 4.78 is 0. The monoisotopic (exact) mass is 280 g/mol. The van der Waals surface area contributed by atoms with Gasteiger partial charge in [0.05, 0.1) is 11.7 Å². The number of benzene rings is 1. The van der Waals surface area contributed by atoms with E-state index in [0.29, 0.717) is 0 Å². The van der Waals surface area contributed by atoms with Gasteiger partial charge >= 0.3 is 0 Å². The highest BCUT2D eigenvalue weighted by Gasteiger charge is 2.02. The summed E-state index contributed by atoms with van der Waals surface area (Å²) in [6, 6.07) is 10.4. The van der Waals surface area contributed by atoms with Gasteiger partial charge in [0.1, 0.15) is 0 Å². The highest BCUT2D eigenvalue weighted by Crippen LogP contribution is 2.15. The second kappa shape index (κ2) is 6.50. The summed E-state index contributed by atoms with van der Waals surface area (Å²) in [6.45, 7) is 3.95. The Morgan fingerprint density at radius 3 is 2.90 bits per heavy atom. The maximum Gasteiger partial charge on any atom is 0.0705 e. The number of H-pyrrole nitrogens is 1. The first-order chi connectivity index (χ1) is 10.3. The van der Waals surface area contributed by atoms with Crippen LogP contribution < -0.4 is 5.32 Å². The molecule has 2 N–H and O–H groups in total. The molecule has 0 radical (unpaired) electrons. The van der Waals surface area contributed by atoms with Gasteiger partial charge in [0.15, 0.2) is 0 Å². The number of nitrogens with zero attached hydrogens (tertiary/aromatic N) is 2. The van der Waals surface area contributed by atoms with Crippen molar-refractivity contribution in [2.24, 2.45) is 0 Å². The minimum Gasteiger partial charge on any atom is -0.313 e. The zero-order valence-corrected chi connectivity index (χ0v) is 12.3. The van der Waals surface area contributed by atoms with E-state index in [4.69, 9.17) is 0 Å². The van der Waals surface area contributed by atoms with Crippen LogP contribution in [0.1, 0.15) is 23.2 Å². The fraction of sp³-hybridized carbons (Fsp3) is 0.294. The van der Waals surface area contributed by atoms with Gasteiger partial charge in [-0.05, 0) is 49.6 Å². The van der Waals surface area contributed by atoms with Crippen molar-refractivity contribution in [1.29, 1.82) is 0 Å². The van der Waals surface area contributed by atoms with Crippen molar-refractivity contribution in [1.82, 2.24) is 20.5 Å². The van der Waals surface area contributed by atoms with Crippen molar-refractivity contribution >= 4 is 10.9 Å². The van der Waals surface area contributed by atoms with E-state index < -0.39 is 0 Å². The lowest BCUT2D eigenvalue weighted by Gasteiger charge is -2.07. The van der Waals surface area contributed by atoms with Crippen LogP contribution in [0.25, 0.3) is 10.9 Å². The molecule has 21 heavy (non-hydrogen) atoms. The molecule has 0 aliphatic rings. The van der Waals surface area contributed by atoms with Gasteiger partial charge in [-0.2, -0.15) is 5.10 Å². The number of fused-ring (bicyclic) bond motifs is 1. The summed E-state index contributed by atoms with van der Waals surface area (Å²) in [5.74, 6) is 0. The molecule has 0 amide bonds. The van der Waals surface area contributed by atoms with Gasteiger partial charge in [0.25, 0.3) is 0 Å². The summed E-state index contributed by atoms with van der Waals surface area (Å²) in [5, 5.41) is 11.8. The van der Waals surface area contributed by atoms with Gasteiger partial charge in [-0.25, -0.2) is 0 Å². The van der Waals surface area contributed by atoms with Crippen LogP contribution in [0, 0.1) is 6.92 Å². The van der Waals surface area contributed by atoms with Crippen LogP contribution in [0.2, 0.25) is 0 Å². The van der Waals surface area contributed by atoms with E-state index in [0.717, 1.165) is 31.4 Å². The van der Waals surface area contributed by atoms with Gasteiger partial charge in [0, 0.05) is 23.8 Å². The van der Waals surface area contributed by atoms with Crippen LogP contribution in [0.4, 0.5) is 0 Å². The predicted molar refractivity (Wildman–Crippen MR) is 85.1 cm³/mol. The number of aromatic amines is 1. The highest BCUT2D eigenvalue weighted by molar-refractivity contribution is 5.81. The minimum absolute atomic E-state index is 0.882. The molecular weight excluding hydrogens is 260 g/mol. The summed E-state index contributed by atoms with van der Waals surface area (Å²) >= 11 is 0. The number of para-hydroxylation sites is 1. The molecule has 0 atom stereocenters. The first-order valence-corrected chi connectivity index (χ1v) is 7.37. The third kappa shape index (κ3) is 3.28. The molecule has 0 saturated heterocycles. The van der Waals surface area contributed by atoms with Crippen molar-refractivity contribution < 1.29 is 0 Å². The number of aryl methyl sites for hydroxylation is 2. The molecule has 108 valence electrons. The van der Waals surface area contributed by atoms with Crippen LogP contribution in [0.15, 0.2) is 42.7 Å². The Kier molecular flexibility index (Phi) is 4.26. The average Bonchev–Trinajstić information content (AvgIpc) is 2.92. The van der Waals surface area contributed by atoms with E-state index in [-0.39, 0.29) is 0 Å². The molecule has 4 heteroatoms. The smallest absolute Gasteiger partial charge is 0.0705 e. The Balaban J connectivity index is 1.52. The Morgan fingerprint density at radius 1 is 1.14 bits per heavy atom. The normalized spacial score (nSPS) is 11.1. The molecule has 0 bridgehead atoms. The number of hydrogen-bond donors (Lipinski definition) is 2. The second-order valence-corrected chi connectivity index (χ2v) is 5.29. The first-order valence-electron chi connectivity index (χ1n) is 7.37. The summed E-state index contributed by atoms with van der Waals surface area (Å²) in [7, 11) is 0. The Morgan fingerprint density at radius 2 is 2.05 bits per heavy atom. The lowest BCUT2D eigenvalue weighted by Crippen LogP contribution is -2.15. The predicted octanol–water partition coefficient (Wildman–Crippen LogP) is 2.99. The number of nitrogens with one attached hydrogen (secondary N) is 2. The van der Waals surface area contributed by atoms with Crippen LogP contribution in [-0.2, 0) is 13.0 Å². The molecule has 0 unspecified atom stereocenters. The number of pyridine rings is 1. The first kappa shape index (κ1) is 13.8. The van der Waals surface area contributed by atoms with Crippen LogP contribution >= 0.6 is 0 Å². The molecule has 0 saturated carbocycles. The third-order valence-corrected chi connectivity index (χ3v) is 3.79. The topological polar surface area (TPSA) is 53.6 Å². The van der Waals surface area contributed by atoms with E-state index in [1.165, 1.54) is 22.2 Å². The molecule has 0 aliphatic heterocycles. The number of hydrogen-bond acceptors (Lipinski definition) is 3. The molecule has 2 aromatic heterocycles. The zero-order valence-electron chi connectivity index (χ0n) is 12.3. The average molecular weight is 280 g/mol. The fourth-order valence-electron chi connectivity index (χ4n) is 2.56. The third-order valence-electron chi connectivity index (χ3n) is 3.79. The van der Waals surface area contributed by atoms with Crippen LogP contribution in [-0.4, -0.2) is 21.7 Å². The summed E-state index contributed by atoms with van der Waals surface area (Å²) in [6.07, 6.45) is 5.98. The lowest BCUT2D eigenvalue weighted by molar-refractivity contribution is 0.650. The minimum atomic E-state index is 0.882.